The van der Waals surface area contributed by atoms with Gasteiger partial charge in [0.1, 0.15) is 6.61 Å². The maximum atomic E-state index is 11.7. The Morgan fingerprint density at radius 1 is 1.47 bits per heavy atom. The van der Waals surface area contributed by atoms with Gasteiger partial charge in [-0.1, -0.05) is 0 Å². The quantitative estimate of drug-likeness (QED) is 0.782. The molecule has 0 saturated carbocycles. The van der Waals surface area contributed by atoms with E-state index in [-0.39, 0.29) is 12.6 Å². The van der Waals surface area contributed by atoms with E-state index in [1.807, 2.05) is 13.8 Å². The first-order chi connectivity index (χ1) is 6.88. The van der Waals surface area contributed by atoms with E-state index in [0.717, 1.165) is 0 Å². The monoisotopic (exact) mass is 222 g/mol. The van der Waals surface area contributed by atoms with Gasteiger partial charge in [0.05, 0.1) is 12.3 Å². The van der Waals surface area contributed by atoms with E-state index < -0.39 is 12.8 Å². The van der Waals surface area contributed by atoms with E-state index >= 15 is 0 Å². The van der Waals surface area contributed by atoms with E-state index in [9.17, 15) is 13.2 Å². The lowest BCUT2D eigenvalue weighted by Crippen LogP contribution is -2.16. The summed E-state index contributed by atoms with van der Waals surface area (Å²) in [6.07, 6.45) is -2.56. The first kappa shape index (κ1) is 12.0. The minimum Gasteiger partial charge on any atom is -0.366 e. The summed E-state index contributed by atoms with van der Waals surface area (Å²) < 4.78 is 41.4. The highest BCUT2D eigenvalue weighted by molar-refractivity contribution is 4.97. The Morgan fingerprint density at radius 2 is 2.13 bits per heavy atom. The van der Waals surface area contributed by atoms with Crippen molar-refractivity contribution in [3.8, 4) is 0 Å². The van der Waals surface area contributed by atoms with Crippen molar-refractivity contribution < 1.29 is 17.9 Å². The minimum absolute atomic E-state index is 0.112. The molecule has 1 aromatic rings. The summed E-state index contributed by atoms with van der Waals surface area (Å²) in [7, 11) is 0. The van der Waals surface area contributed by atoms with Gasteiger partial charge in [0.15, 0.2) is 0 Å². The highest BCUT2D eigenvalue weighted by Gasteiger charge is 2.27. The molecule has 0 N–H and O–H groups in total. The van der Waals surface area contributed by atoms with E-state index in [4.69, 9.17) is 0 Å². The molecule has 0 aliphatic rings. The molecule has 0 atom stereocenters. The zero-order chi connectivity index (χ0) is 11.5. The van der Waals surface area contributed by atoms with Crippen molar-refractivity contribution in [1.82, 2.24) is 9.78 Å². The number of aromatic nitrogens is 2. The molecule has 6 heteroatoms. The molecule has 15 heavy (non-hydrogen) atoms. The molecular formula is C9H13F3N2O. The highest BCUT2D eigenvalue weighted by Crippen LogP contribution is 2.15. The van der Waals surface area contributed by atoms with Gasteiger partial charge in [0.25, 0.3) is 0 Å². The van der Waals surface area contributed by atoms with Crippen LogP contribution in [0.4, 0.5) is 13.2 Å². The van der Waals surface area contributed by atoms with Crippen LogP contribution in [0.15, 0.2) is 12.3 Å². The van der Waals surface area contributed by atoms with Gasteiger partial charge in [-0.15, -0.1) is 0 Å². The lowest BCUT2D eigenvalue weighted by atomic mass is 10.4. The Kier molecular flexibility index (Phi) is 3.73. The number of ether oxygens (including phenoxy) is 1. The third kappa shape index (κ3) is 4.33. The van der Waals surface area contributed by atoms with Crippen molar-refractivity contribution >= 4 is 0 Å². The standard InChI is InChI=1S/C9H13F3N2O/c1-7(2)14-4-3-8(13-14)5-15-6-9(10,11)12/h3-4,7H,5-6H2,1-2H3. The summed E-state index contributed by atoms with van der Waals surface area (Å²) in [6.45, 7) is 2.53. The first-order valence-electron chi connectivity index (χ1n) is 4.57. The lowest BCUT2D eigenvalue weighted by Gasteiger charge is -2.06. The van der Waals surface area contributed by atoms with Gasteiger partial charge in [0, 0.05) is 12.2 Å². The fourth-order valence-corrected chi connectivity index (χ4v) is 1.01. The number of hydrogen-bond acceptors (Lipinski definition) is 2. The molecule has 1 heterocycles. The van der Waals surface area contributed by atoms with Crippen LogP contribution in [-0.2, 0) is 11.3 Å². The predicted octanol–water partition coefficient (Wildman–Crippen LogP) is 2.54. The number of halogens is 3. The molecule has 0 fully saturated rings. The van der Waals surface area contributed by atoms with Gasteiger partial charge in [0.2, 0.25) is 0 Å². The summed E-state index contributed by atoms with van der Waals surface area (Å²) in [5, 5.41) is 4.05. The van der Waals surface area contributed by atoms with Crippen molar-refractivity contribution in [2.45, 2.75) is 32.7 Å². The molecular weight excluding hydrogens is 209 g/mol. The van der Waals surface area contributed by atoms with Gasteiger partial charge in [-0.05, 0) is 19.9 Å². The summed E-state index contributed by atoms with van der Waals surface area (Å²) >= 11 is 0. The van der Waals surface area contributed by atoms with Crippen LogP contribution in [0.1, 0.15) is 25.6 Å². The van der Waals surface area contributed by atoms with Crippen LogP contribution in [0.5, 0.6) is 0 Å². The van der Waals surface area contributed by atoms with E-state index in [1.54, 1.807) is 16.9 Å². The minimum atomic E-state index is -4.28. The third-order valence-electron chi connectivity index (χ3n) is 1.71. The number of rotatable bonds is 4. The number of alkyl halides is 3. The fraction of sp³-hybridized carbons (Fsp3) is 0.667. The van der Waals surface area contributed by atoms with Crippen molar-refractivity contribution in [2.24, 2.45) is 0 Å². The van der Waals surface area contributed by atoms with Gasteiger partial charge < -0.3 is 4.74 Å². The Balaban J connectivity index is 2.38. The van der Waals surface area contributed by atoms with Gasteiger partial charge in [-0.2, -0.15) is 18.3 Å². The van der Waals surface area contributed by atoms with Crippen LogP contribution in [0.3, 0.4) is 0 Å². The topological polar surface area (TPSA) is 27.1 Å². The Bertz CT molecular complexity index is 307. The molecule has 0 aliphatic carbocycles. The average molecular weight is 222 g/mol. The van der Waals surface area contributed by atoms with E-state index in [2.05, 4.69) is 9.84 Å². The van der Waals surface area contributed by atoms with Crippen LogP contribution in [-0.4, -0.2) is 22.6 Å². The SMILES string of the molecule is CC(C)n1ccc(COCC(F)(F)F)n1. The van der Waals surface area contributed by atoms with E-state index in [1.165, 1.54) is 0 Å². The molecule has 0 aliphatic heterocycles. The van der Waals surface area contributed by atoms with Crippen molar-refractivity contribution in [3.63, 3.8) is 0 Å². The smallest absolute Gasteiger partial charge is 0.366 e. The molecule has 0 aromatic carbocycles. The predicted molar refractivity (Wildman–Crippen MR) is 48.3 cm³/mol. The summed E-state index contributed by atoms with van der Waals surface area (Å²) in [5.74, 6) is 0. The van der Waals surface area contributed by atoms with Crippen LogP contribution in [0, 0.1) is 0 Å². The largest absolute Gasteiger partial charge is 0.411 e. The number of nitrogens with zero attached hydrogens (tertiary/aromatic N) is 2. The van der Waals surface area contributed by atoms with Crippen molar-refractivity contribution in [1.29, 1.82) is 0 Å². The van der Waals surface area contributed by atoms with E-state index in [0.29, 0.717) is 5.69 Å². The van der Waals surface area contributed by atoms with Gasteiger partial charge in [-0.3, -0.25) is 4.68 Å². The maximum absolute atomic E-state index is 11.7. The van der Waals surface area contributed by atoms with Crippen LogP contribution in [0.2, 0.25) is 0 Å². The van der Waals surface area contributed by atoms with Crippen molar-refractivity contribution in [3.05, 3.63) is 18.0 Å². The zero-order valence-electron chi connectivity index (χ0n) is 8.58. The summed E-state index contributed by atoms with van der Waals surface area (Å²) in [4.78, 5) is 0. The molecule has 0 spiro atoms. The highest BCUT2D eigenvalue weighted by atomic mass is 19.4. The fourth-order valence-electron chi connectivity index (χ4n) is 1.01. The summed E-state index contributed by atoms with van der Waals surface area (Å²) in [5.41, 5.74) is 0.507. The first-order valence-corrected chi connectivity index (χ1v) is 4.57. The Labute approximate surface area is 85.8 Å². The second kappa shape index (κ2) is 4.65. The molecule has 0 radical (unpaired) electrons. The molecule has 3 nitrogen and oxygen atoms in total. The van der Waals surface area contributed by atoms with Crippen LogP contribution < -0.4 is 0 Å². The third-order valence-corrected chi connectivity index (χ3v) is 1.71. The zero-order valence-corrected chi connectivity index (χ0v) is 8.58. The van der Waals surface area contributed by atoms with Crippen LogP contribution >= 0.6 is 0 Å². The molecule has 0 saturated heterocycles. The molecule has 1 aromatic heterocycles. The molecule has 0 bridgehead atoms. The van der Waals surface area contributed by atoms with Crippen LogP contribution in [0.25, 0.3) is 0 Å². The normalized spacial score (nSPS) is 12.4. The molecule has 0 amide bonds. The second-order valence-corrected chi connectivity index (χ2v) is 3.49. The Hall–Kier alpha value is -1.04. The van der Waals surface area contributed by atoms with Gasteiger partial charge >= 0.3 is 6.18 Å². The molecule has 0 unspecified atom stereocenters. The average Bonchev–Trinajstić information content (AvgIpc) is 2.50. The summed E-state index contributed by atoms with van der Waals surface area (Å²) in [6, 6.07) is 1.84. The Morgan fingerprint density at radius 3 is 2.60 bits per heavy atom. The van der Waals surface area contributed by atoms with Gasteiger partial charge in [-0.25, -0.2) is 0 Å². The van der Waals surface area contributed by atoms with Crippen molar-refractivity contribution in [2.75, 3.05) is 6.61 Å². The number of hydrogen-bond donors (Lipinski definition) is 0. The maximum Gasteiger partial charge on any atom is 0.411 e. The second-order valence-electron chi connectivity index (χ2n) is 3.49. The molecule has 1 rings (SSSR count). The lowest BCUT2D eigenvalue weighted by molar-refractivity contribution is -0.176. The molecule has 86 valence electrons.